The van der Waals surface area contributed by atoms with Gasteiger partial charge in [-0.3, -0.25) is 4.79 Å². The number of carbonyl (C=O) groups is 1. The third-order valence-corrected chi connectivity index (χ3v) is 3.04. The van der Waals surface area contributed by atoms with Crippen molar-refractivity contribution in [3.63, 3.8) is 0 Å². The Kier molecular flexibility index (Phi) is 5.65. The Labute approximate surface area is 110 Å². The molecule has 0 bridgehead atoms. The molecule has 0 aliphatic heterocycles. The molecule has 0 spiro atoms. The van der Waals surface area contributed by atoms with Crippen molar-refractivity contribution < 1.29 is 9.90 Å². The fourth-order valence-corrected chi connectivity index (χ4v) is 1.79. The van der Waals surface area contributed by atoms with Gasteiger partial charge >= 0.3 is 0 Å². The lowest BCUT2D eigenvalue weighted by Crippen LogP contribution is -2.29. The zero-order valence-electron chi connectivity index (χ0n) is 10.1. The number of aliphatic hydroxyl groups excluding tert-OH is 1. The molecule has 2 N–H and O–H groups in total. The lowest BCUT2D eigenvalue weighted by molar-refractivity contribution is -0.123. The Balaban J connectivity index is 2.38. The van der Waals surface area contributed by atoms with Crippen molar-refractivity contribution in [1.29, 1.82) is 0 Å². The SMILES string of the molecule is CC(C)C(O)CC(=O)NCc1cccc(Br)c1. The van der Waals surface area contributed by atoms with Crippen molar-refractivity contribution in [2.75, 3.05) is 0 Å². The summed E-state index contributed by atoms with van der Waals surface area (Å²) in [7, 11) is 0. The molecule has 1 aromatic carbocycles. The molecule has 17 heavy (non-hydrogen) atoms. The van der Waals surface area contributed by atoms with Gasteiger partial charge in [-0.25, -0.2) is 0 Å². The minimum absolute atomic E-state index is 0.103. The molecule has 0 heterocycles. The maximum absolute atomic E-state index is 11.5. The van der Waals surface area contributed by atoms with Crippen LogP contribution in [-0.2, 0) is 11.3 Å². The van der Waals surface area contributed by atoms with Gasteiger partial charge in [-0.2, -0.15) is 0 Å². The molecule has 0 fully saturated rings. The van der Waals surface area contributed by atoms with Crippen LogP contribution < -0.4 is 5.32 Å². The highest BCUT2D eigenvalue weighted by Gasteiger charge is 2.13. The van der Waals surface area contributed by atoms with Crippen LogP contribution in [0, 0.1) is 5.92 Å². The predicted molar refractivity (Wildman–Crippen MR) is 71.5 cm³/mol. The molecule has 1 rings (SSSR count). The zero-order valence-corrected chi connectivity index (χ0v) is 11.7. The van der Waals surface area contributed by atoms with E-state index in [1.54, 1.807) is 0 Å². The van der Waals surface area contributed by atoms with Gasteiger partial charge in [0.25, 0.3) is 0 Å². The summed E-state index contributed by atoms with van der Waals surface area (Å²) in [4.78, 5) is 11.5. The maximum atomic E-state index is 11.5. The quantitative estimate of drug-likeness (QED) is 0.877. The number of nitrogens with one attached hydrogen (secondary N) is 1. The first-order valence-corrected chi connectivity index (χ1v) is 6.47. The largest absolute Gasteiger partial charge is 0.392 e. The fourth-order valence-electron chi connectivity index (χ4n) is 1.35. The minimum atomic E-state index is -0.572. The summed E-state index contributed by atoms with van der Waals surface area (Å²) in [6, 6.07) is 7.77. The Hall–Kier alpha value is -0.870. The molecular weight excluding hydrogens is 282 g/mol. The second kappa shape index (κ2) is 6.77. The first kappa shape index (κ1) is 14.2. The van der Waals surface area contributed by atoms with Gasteiger partial charge in [0.1, 0.15) is 0 Å². The number of rotatable bonds is 5. The van der Waals surface area contributed by atoms with E-state index in [4.69, 9.17) is 0 Å². The summed E-state index contributed by atoms with van der Waals surface area (Å²) in [5.41, 5.74) is 1.03. The first-order valence-electron chi connectivity index (χ1n) is 5.68. The Morgan fingerprint density at radius 1 is 1.47 bits per heavy atom. The van der Waals surface area contributed by atoms with E-state index in [1.165, 1.54) is 0 Å². The van der Waals surface area contributed by atoms with E-state index in [0.717, 1.165) is 10.0 Å². The minimum Gasteiger partial charge on any atom is -0.392 e. The molecule has 0 aromatic heterocycles. The zero-order chi connectivity index (χ0) is 12.8. The molecule has 0 aliphatic rings. The molecule has 94 valence electrons. The van der Waals surface area contributed by atoms with Gasteiger partial charge < -0.3 is 10.4 Å². The van der Waals surface area contributed by atoms with Crippen molar-refractivity contribution in [2.45, 2.75) is 32.9 Å². The highest BCUT2D eigenvalue weighted by molar-refractivity contribution is 9.10. The summed E-state index contributed by atoms with van der Waals surface area (Å²) >= 11 is 3.38. The topological polar surface area (TPSA) is 49.3 Å². The van der Waals surface area contributed by atoms with Crippen LogP contribution in [0.5, 0.6) is 0 Å². The highest BCUT2D eigenvalue weighted by Crippen LogP contribution is 2.11. The van der Waals surface area contributed by atoms with Crippen molar-refractivity contribution in [1.82, 2.24) is 5.32 Å². The maximum Gasteiger partial charge on any atom is 0.222 e. The van der Waals surface area contributed by atoms with Gasteiger partial charge in [-0.05, 0) is 23.6 Å². The van der Waals surface area contributed by atoms with Gasteiger partial charge in [-0.1, -0.05) is 41.9 Å². The molecular formula is C13H18BrNO2. The van der Waals surface area contributed by atoms with E-state index in [9.17, 15) is 9.90 Å². The van der Waals surface area contributed by atoms with Crippen LogP contribution in [0.2, 0.25) is 0 Å². The molecule has 0 radical (unpaired) electrons. The van der Waals surface area contributed by atoms with Gasteiger partial charge in [0, 0.05) is 11.0 Å². The number of benzene rings is 1. The van der Waals surface area contributed by atoms with E-state index in [-0.39, 0.29) is 18.2 Å². The number of aliphatic hydroxyl groups is 1. The van der Waals surface area contributed by atoms with E-state index in [0.29, 0.717) is 6.54 Å². The predicted octanol–water partition coefficient (Wildman–Crippen LogP) is 2.47. The van der Waals surface area contributed by atoms with Crippen LogP contribution in [0.15, 0.2) is 28.7 Å². The van der Waals surface area contributed by atoms with Gasteiger partial charge in [0.05, 0.1) is 12.5 Å². The standard InChI is InChI=1S/C13H18BrNO2/c1-9(2)12(16)7-13(17)15-8-10-4-3-5-11(14)6-10/h3-6,9,12,16H,7-8H2,1-2H3,(H,15,17). The average molecular weight is 300 g/mol. The van der Waals surface area contributed by atoms with Crippen LogP contribution >= 0.6 is 15.9 Å². The van der Waals surface area contributed by atoms with Gasteiger partial charge in [-0.15, -0.1) is 0 Å². The summed E-state index contributed by atoms with van der Waals surface area (Å²) in [6.07, 6.45) is -0.413. The molecule has 1 unspecified atom stereocenters. The van der Waals surface area contributed by atoms with Gasteiger partial charge in [0.2, 0.25) is 5.91 Å². The molecule has 1 atom stereocenters. The van der Waals surface area contributed by atoms with Crippen LogP contribution in [0.3, 0.4) is 0 Å². The third-order valence-electron chi connectivity index (χ3n) is 2.54. The van der Waals surface area contributed by atoms with Crippen molar-refractivity contribution in [3.05, 3.63) is 34.3 Å². The molecule has 3 nitrogen and oxygen atoms in total. The number of amides is 1. The fraction of sp³-hybridized carbons (Fsp3) is 0.462. The van der Waals surface area contributed by atoms with E-state index in [1.807, 2.05) is 38.1 Å². The Morgan fingerprint density at radius 3 is 2.76 bits per heavy atom. The lowest BCUT2D eigenvalue weighted by Gasteiger charge is -2.14. The molecule has 0 saturated heterocycles. The van der Waals surface area contributed by atoms with Crippen molar-refractivity contribution in [2.24, 2.45) is 5.92 Å². The van der Waals surface area contributed by atoms with Crippen LogP contribution in [0.4, 0.5) is 0 Å². The van der Waals surface area contributed by atoms with E-state index < -0.39 is 6.10 Å². The van der Waals surface area contributed by atoms with Crippen LogP contribution in [-0.4, -0.2) is 17.1 Å². The summed E-state index contributed by atoms with van der Waals surface area (Å²) < 4.78 is 0.992. The van der Waals surface area contributed by atoms with E-state index in [2.05, 4.69) is 21.2 Å². The second-order valence-electron chi connectivity index (χ2n) is 4.42. The van der Waals surface area contributed by atoms with Gasteiger partial charge in [0.15, 0.2) is 0 Å². The highest BCUT2D eigenvalue weighted by atomic mass is 79.9. The molecule has 4 heteroatoms. The van der Waals surface area contributed by atoms with E-state index >= 15 is 0 Å². The number of hydrogen-bond donors (Lipinski definition) is 2. The third kappa shape index (κ3) is 5.33. The summed E-state index contributed by atoms with van der Waals surface area (Å²) in [5, 5.41) is 12.4. The number of carbonyl (C=O) groups excluding carboxylic acids is 1. The number of halogens is 1. The smallest absolute Gasteiger partial charge is 0.222 e. The summed E-state index contributed by atoms with van der Waals surface area (Å²) in [6.45, 7) is 4.28. The Morgan fingerprint density at radius 2 is 2.18 bits per heavy atom. The monoisotopic (exact) mass is 299 g/mol. The van der Waals surface area contributed by atoms with Crippen LogP contribution in [0.1, 0.15) is 25.8 Å². The normalized spacial score (nSPS) is 12.5. The lowest BCUT2D eigenvalue weighted by atomic mass is 10.0. The number of hydrogen-bond acceptors (Lipinski definition) is 2. The van der Waals surface area contributed by atoms with Crippen molar-refractivity contribution in [3.8, 4) is 0 Å². The summed E-state index contributed by atoms with van der Waals surface area (Å²) in [5.74, 6) is -0.0159. The van der Waals surface area contributed by atoms with Crippen LogP contribution in [0.25, 0.3) is 0 Å². The first-order chi connectivity index (χ1) is 7.99. The molecule has 0 saturated carbocycles. The van der Waals surface area contributed by atoms with Crippen molar-refractivity contribution >= 4 is 21.8 Å². The average Bonchev–Trinajstić information content (AvgIpc) is 2.26. The Bertz CT molecular complexity index is 379. The molecule has 1 aromatic rings. The molecule has 1 amide bonds. The second-order valence-corrected chi connectivity index (χ2v) is 5.34. The molecule has 0 aliphatic carbocycles.